The molecule has 0 saturated carbocycles. The molecule has 1 aliphatic heterocycles. The van der Waals surface area contributed by atoms with Gasteiger partial charge >= 0.3 is 0 Å². The highest BCUT2D eigenvalue weighted by Gasteiger charge is 2.33. The van der Waals surface area contributed by atoms with Crippen LogP contribution in [0.25, 0.3) is 0 Å². The fourth-order valence-corrected chi connectivity index (χ4v) is 3.59. The van der Waals surface area contributed by atoms with Crippen molar-refractivity contribution in [3.63, 3.8) is 0 Å². The van der Waals surface area contributed by atoms with Crippen LogP contribution in [-0.4, -0.2) is 27.1 Å². The molecule has 1 aliphatic rings. The number of carbonyl (C=O) groups is 1. The monoisotopic (exact) mass is 349 g/mol. The maximum Gasteiger partial charge on any atom is 0.260 e. The van der Waals surface area contributed by atoms with Gasteiger partial charge in [-0.05, 0) is 43.4 Å². The molecule has 1 aromatic carbocycles. The van der Waals surface area contributed by atoms with Crippen molar-refractivity contribution in [1.29, 1.82) is 0 Å². The second-order valence-corrected chi connectivity index (χ2v) is 6.59. The van der Waals surface area contributed by atoms with E-state index in [1.165, 1.54) is 7.05 Å². The first-order valence-electron chi connectivity index (χ1n) is 8.30. The van der Waals surface area contributed by atoms with Crippen molar-refractivity contribution < 1.29 is 9.18 Å². The number of amides is 1. The molecule has 0 bridgehead atoms. The van der Waals surface area contributed by atoms with E-state index in [4.69, 9.17) is 11.6 Å². The Hall–Kier alpha value is -1.88. The third-order valence-electron chi connectivity index (χ3n) is 4.60. The van der Waals surface area contributed by atoms with Crippen LogP contribution in [-0.2, 0) is 13.5 Å². The number of carbonyl (C=O) groups excluding carboxylic acids is 1. The molecule has 2 heterocycles. The van der Waals surface area contributed by atoms with Gasteiger partial charge in [0.05, 0.1) is 11.7 Å². The van der Waals surface area contributed by atoms with Gasteiger partial charge in [0.1, 0.15) is 5.56 Å². The molecule has 1 saturated heterocycles. The van der Waals surface area contributed by atoms with Gasteiger partial charge in [0, 0.05) is 18.6 Å². The molecule has 6 heteroatoms. The molecule has 1 unspecified atom stereocenters. The number of nitrogens with zero attached hydrogens (tertiary/aromatic N) is 3. The third kappa shape index (κ3) is 3.05. The van der Waals surface area contributed by atoms with Gasteiger partial charge in [-0.25, -0.2) is 4.68 Å². The van der Waals surface area contributed by atoms with Gasteiger partial charge in [-0.15, -0.1) is 0 Å². The number of hydrogen-bond acceptors (Lipinski definition) is 2. The van der Waals surface area contributed by atoms with Crippen LogP contribution in [0.15, 0.2) is 24.3 Å². The van der Waals surface area contributed by atoms with Crippen LogP contribution in [0.1, 0.15) is 53.8 Å². The van der Waals surface area contributed by atoms with E-state index in [0.717, 1.165) is 29.5 Å². The Balaban J connectivity index is 1.98. The minimum Gasteiger partial charge on any atom is -0.331 e. The van der Waals surface area contributed by atoms with Crippen molar-refractivity contribution in [2.75, 3.05) is 6.54 Å². The number of hydrogen-bond donors (Lipinski definition) is 0. The lowest BCUT2D eigenvalue weighted by Crippen LogP contribution is -2.39. The van der Waals surface area contributed by atoms with Crippen LogP contribution >= 0.6 is 11.6 Å². The maximum absolute atomic E-state index is 14.4. The van der Waals surface area contributed by atoms with E-state index in [0.29, 0.717) is 23.7 Å². The summed E-state index contributed by atoms with van der Waals surface area (Å²) in [4.78, 5) is 14.9. The lowest BCUT2D eigenvalue weighted by molar-refractivity contribution is 0.0605. The second-order valence-electron chi connectivity index (χ2n) is 6.15. The zero-order valence-electron chi connectivity index (χ0n) is 13.9. The van der Waals surface area contributed by atoms with E-state index in [2.05, 4.69) is 5.10 Å². The standard InChI is InChI=1S/C18H21ClFN3O/c1-3-14-16(17(20)22(2)21-14)18(24)23-10-5-4-9-15(23)12-7-6-8-13(19)11-12/h6-8,11,15H,3-5,9-10H2,1-2H3. The van der Waals surface area contributed by atoms with Gasteiger partial charge in [-0.2, -0.15) is 9.49 Å². The summed E-state index contributed by atoms with van der Waals surface area (Å²) < 4.78 is 15.6. The summed E-state index contributed by atoms with van der Waals surface area (Å²) in [6.45, 7) is 2.50. The van der Waals surface area contributed by atoms with E-state index >= 15 is 0 Å². The summed E-state index contributed by atoms with van der Waals surface area (Å²) >= 11 is 6.11. The molecular formula is C18H21ClFN3O. The van der Waals surface area contributed by atoms with Crippen LogP contribution in [0.2, 0.25) is 5.02 Å². The topological polar surface area (TPSA) is 38.1 Å². The van der Waals surface area contributed by atoms with Gasteiger partial charge < -0.3 is 4.90 Å². The van der Waals surface area contributed by atoms with Crippen LogP contribution < -0.4 is 0 Å². The van der Waals surface area contributed by atoms with Crippen molar-refractivity contribution in [2.45, 2.75) is 38.6 Å². The molecule has 1 atom stereocenters. The second kappa shape index (κ2) is 6.93. The summed E-state index contributed by atoms with van der Waals surface area (Å²) in [6.07, 6.45) is 3.34. The first kappa shape index (κ1) is 17.0. The lowest BCUT2D eigenvalue weighted by Gasteiger charge is -2.36. The average Bonchev–Trinajstić information content (AvgIpc) is 2.89. The van der Waals surface area contributed by atoms with Gasteiger partial charge in [-0.3, -0.25) is 4.79 Å². The van der Waals surface area contributed by atoms with Crippen LogP contribution in [0.3, 0.4) is 0 Å². The molecule has 0 N–H and O–H groups in total. The lowest BCUT2D eigenvalue weighted by atomic mass is 9.94. The predicted octanol–water partition coefficient (Wildman–Crippen LogP) is 4.14. The Kier molecular flexibility index (Phi) is 4.90. The third-order valence-corrected chi connectivity index (χ3v) is 4.83. The van der Waals surface area contributed by atoms with Crippen LogP contribution in [0, 0.1) is 5.95 Å². The van der Waals surface area contributed by atoms with Gasteiger partial charge in [-0.1, -0.05) is 30.7 Å². The Bertz CT molecular complexity index is 759. The quantitative estimate of drug-likeness (QED) is 0.835. The number of aryl methyl sites for hydroxylation is 2. The summed E-state index contributed by atoms with van der Waals surface area (Å²) in [6, 6.07) is 7.49. The largest absolute Gasteiger partial charge is 0.331 e. The highest BCUT2D eigenvalue weighted by atomic mass is 35.5. The highest BCUT2D eigenvalue weighted by molar-refractivity contribution is 6.30. The number of aromatic nitrogens is 2. The molecule has 1 aromatic heterocycles. The van der Waals surface area contributed by atoms with Crippen molar-refractivity contribution in [1.82, 2.24) is 14.7 Å². The molecule has 2 aromatic rings. The Morgan fingerprint density at radius 3 is 2.92 bits per heavy atom. The number of piperidine rings is 1. The zero-order chi connectivity index (χ0) is 17.3. The number of halogens is 2. The van der Waals surface area contributed by atoms with Crippen molar-refractivity contribution in [3.05, 3.63) is 52.1 Å². The maximum atomic E-state index is 14.4. The Labute approximate surface area is 146 Å². The SMILES string of the molecule is CCc1nn(C)c(F)c1C(=O)N1CCCCC1c1cccc(Cl)c1. The normalized spacial score (nSPS) is 18.0. The Morgan fingerprint density at radius 1 is 1.42 bits per heavy atom. The molecule has 128 valence electrons. The number of rotatable bonds is 3. The molecule has 0 spiro atoms. The fraction of sp³-hybridized carbons (Fsp3) is 0.444. The molecule has 3 rings (SSSR count). The van der Waals surface area contributed by atoms with Crippen LogP contribution in [0.5, 0.6) is 0 Å². The summed E-state index contributed by atoms with van der Waals surface area (Å²) in [5, 5.41) is 4.78. The van der Waals surface area contributed by atoms with E-state index in [9.17, 15) is 9.18 Å². The van der Waals surface area contributed by atoms with Crippen molar-refractivity contribution in [3.8, 4) is 0 Å². The molecule has 4 nitrogen and oxygen atoms in total. The zero-order valence-corrected chi connectivity index (χ0v) is 14.7. The summed E-state index contributed by atoms with van der Waals surface area (Å²) in [7, 11) is 1.52. The molecule has 1 amide bonds. The molecule has 1 fully saturated rings. The van der Waals surface area contributed by atoms with E-state index in [1.807, 2.05) is 31.2 Å². The minimum absolute atomic E-state index is 0.0748. The van der Waals surface area contributed by atoms with Crippen molar-refractivity contribution >= 4 is 17.5 Å². The van der Waals surface area contributed by atoms with Gasteiger partial charge in [0.2, 0.25) is 5.95 Å². The fourth-order valence-electron chi connectivity index (χ4n) is 3.39. The van der Waals surface area contributed by atoms with E-state index < -0.39 is 5.95 Å². The minimum atomic E-state index is -0.563. The van der Waals surface area contributed by atoms with Gasteiger partial charge in [0.15, 0.2) is 0 Å². The predicted molar refractivity (Wildman–Crippen MR) is 91.6 cm³/mol. The van der Waals surface area contributed by atoms with Crippen LogP contribution in [0.4, 0.5) is 4.39 Å². The molecule has 0 radical (unpaired) electrons. The molecular weight excluding hydrogens is 329 g/mol. The smallest absolute Gasteiger partial charge is 0.260 e. The molecule has 0 aliphatic carbocycles. The van der Waals surface area contributed by atoms with E-state index in [1.54, 1.807) is 4.90 Å². The first-order chi connectivity index (χ1) is 11.5. The van der Waals surface area contributed by atoms with E-state index in [-0.39, 0.29) is 17.5 Å². The highest BCUT2D eigenvalue weighted by Crippen LogP contribution is 2.34. The Morgan fingerprint density at radius 2 is 2.21 bits per heavy atom. The van der Waals surface area contributed by atoms with Crippen molar-refractivity contribution in [2.24, 2.45) is 7.05 Å². The number of likely N-dealkylation sites (tertiary alicyclic amines) is 1. The molecule has 24 heavy (non-hydrogen) atoms. The average molecular weight is 350 g/mol. The summed E-state index contributed by atoms with van der Waals surface area (Å²) in [5.41, 5.74) is 1.61. The summed E-state index contributed by atoms with van der Waals surface area (Å²) in [5.74, 6) is -0.839. The van der Waals surface area contributed by atoms with Gasteiger partial charge in [0.25, 0.3) is 5.91 Å². The number of benzene rings is 1. The first-order valence-corrected chi connectivity index (χ1v) is 8.68.